The first-order chi connectivity index (χ1) is 12.5. The molecule has 0 saturated carbocycles. The van der Waals surface area contributed by atoms with Crippen molar-refractivity contribution in [2.45, 2.75) is 44.8 Å². The van der Waals surface area contributed by atoms with E-state index in [0.29, 0.717) is 23.1 Å². The van der Waals surface area contributed by atoms with E-state index < -0.39 is 0 Å². The molecule has 142 valence electrons. The predicted molar refractivity (Wildman–Crippen MR) is 103 cm³/mol. The second-order valence-corrected chi connectivity index (χ2v) is 7.03. The summed E-state index contributed by atoms with van der Waals surface area (Å²) in [5, 5.41) is 12.2. The van der Waals surface area contributed by atoms with Gasteiger partial charge in [0.15, 0.2) is 5.16 Å². The summed E-state index contributed by atoms with van der Waals surface area (Å²) in [4.78, 5) is 12.3. The third kappa shape index (κ3) is 5.14. The number of carbonyl (C=O) groups is 1. The maximum Gasteiger partial charge on any atom is 0.234 e. The normalized spacial score (nSPS) is 10.8. The van der Waals surface area contributed by atoms with Gasteiger partial charge in [-0.15, -0.1) is 10.2 Å². The summed E-state index contributed by atoms with van der Waals surface area (Å²) in [5.74, 6) is 2.61. The molecule has 1 aromatic heterocycles. The molecule has 2 aromatic rings. The van der Waals surface area contributed by atoms with Gasteiger partial charge in [0.05, 0.1) is 20.0 Å². The van der Waals surface area contributed by atoms with Gasteiger partial charge >= 0.3 is 0 Å². The molecule has 0 aliphatic heterocycles. The first-order valence-corrected chi connectivity index (χ1v) is 9.55. The maximum absolute atomic E-state index is 12.3. The molecule has 0 aliphatic rings. The third-order valence-electron chi connectivity index (χ3n) is 3.68. The number of hydrogen-bond acceptors (Lipinski definition) is 6. The van der Waals surface area contributed by atoms with Gasteiger partial charge in [0.1, 0.15) is 17.3 Å². The number of nitrogens with one attached hydrogen (secondary N) is 1. The van der Waals surface area contributed by atoms with Crippen molar-refractivity contribution in [2.24, 2.45) is 0 Å². The maximum atomic E-state index is 12.3. The molecule has 26 heavy (non-hydrogen) atoms. The second-order valence-electron chi connectivity index (χ2n) is 6.09. The topological polar surface area (TPSA) is 78.3 Å². The molecule has 0 fully saturated rings. The SMILES string of the molecule is CCCn1c(SCC(=O)Nc2cc(OC)cc(OC)c2)nnc1C(C)C. The van der Waals surface area contributed by atoms with Crippen LogP contribution in [0, 0.1) is 0 Å². The first-order valence-electron chi connectivity index (χ1n) is 8.57. The lowest BCUT2D eigenvalue weighted by atomic mass is 10.2. The number of rotatable bonds is 9. The van der Waals surface area contributed by atoms with Crippen LogP contribution in [-0.4, -0.2) is 40.6 Å². The highest BCUT2D eigenvalue weighted by Crippen LogP contribution is 2.26. The van der Waals surface area contributed by atoms with Gasteiger partial charge in [0.25, 0.3) is 0 Å². The molecule has 8 heteroatoms. The number of carbonyl (C=O) groups excluding carboxylic acids is 1. The molecule has 1 heterocycles. The standard InChI is InChI=1S/C18H26N4O3S/c1-6-7-22-17(12(2)3)20-21-18(22)26-11-16(23)19-13-8-14(24-4)10-15(9-13)25-5/h8-10,12H,6-7,11H2,1-5H3,(H,19,23). The molecular weight excluding hydrogens is 352 g/mol. The molecule has 1 amide bonds. The van der Waals surface area contributed by atoms with E-state index in [1.165, 1.54) is 11.8 Å². The number of benzene rings is 1. The number of anilines is 1. The Morgan fingerprint density at radius 2 is 1.85 bits per heavy atom. The Morgan fingerprint density at radius 1 is 1.19 bits per heavy atom. The predicted octanol–water partition coefficient (Wildman–Crippen LogP) is 3.56. The molecule has 0 bridgehead atoms. The molecular formula is C18H26N4O3S. The summed E-state index contributed by atoms with van der Waals surface area (Å²) < 4.78 is 12.5. The van der Waals surface area contributed by atoms with Gasteiger partial charge in [-0.25, -0.2) is 0 Å². The Morgan fingerprint density at radius 3 is 2.38 bits per heavy atom. The Bertz CT molecular complexity index is 724. The molecule has 0 unspecified atom stereocenters. The van der Waals surface area contributed by atoms with Crippen LogP contribution in [0.4, 0.5) is 5.69 Å². The summed E-state index contributed by atoms with van der Waals surface area (Å²) in [6, 6.07) is 5.26. The van der Waals surface area contributed by atoms with E-state index in [4.69, 9.17) is 9.47 Å². The van der Waals surface area contributed by atoms with E-state index in [1.807, 2.05) is 0 Å². The first kappa shape index (κ1) is 20.1. The van der Waals surface area contributed by atoms with E-state index in [1.54, 1.807) is 32.4 Å². The van der Waals surface area contributed by atoms with Crippen LogP contribution in [0.3, 0.4) is 0 Å². The van der Waals surface area contributed by atoms with Crippen LogP contribution < -0.4 is 14.8 Å². The van der Waals surface area contributed by atoms with Crippen molar-refractivity contribution in [1.82, 2.24) is 14.8 Å². The smallest absolute Gasteiger partial charge is 0.234 e. The second kappa shape index (κ2) is 9.47. The zero-order valence-electron chi connectivity index (χ0n) is 15.9. The molecule has 0 aliphatic carbocycles. The van der Waals surface area contributed by atoms with Crippen molar-refractivity contribution in [1.29, 1.82) is 0 Å². The number of nitrogens with zero attached hydrogens (tertiary/aromatic N) is 3. The van der Waals surface area contributed by atoms with Crippen LogP contribution in [0.25, 0.3) is 0 Å². The van der Waals surface area contributed by atoms with Gasteiger partial charge in [0.2, 0.25) is 5.91 Å². The van der Waals surface area contributed by atoms with Crippen LogP contribution in [0.2, 0.25) is 0 Å². The molecule has 0 saturated heterocycles. The lowest BCUT2D eigenvalue weighted by Crippen LogP contribution is -2.15. The molecule has 0 atom stereocenters. The van der Waals surface area contributed by atoms with Gasteiger partial charge in [-0.1, -0.05) is 32.5 Å². The van der Waals surface area contributed by atoms with Gasteiger partial charge in [-0.05, 0) is 6.42 Å². The van der Waals surface area contributed by atoms with E-state index in [0.717, 1.165) is 23.9 Å². The van der Waals surface area contributed by atoms with Gasteiger partial charge in [0, 0.05) is 36.3 Å². The van der Waals surface area contributed by atoms with E-state index in [9.17, 15) is 4.79 Å². The highest BCUT2D eigenvalue weighted by Gasteiger charge is 2.16. The summed E-state index contributed by atoms with van der Waals surface area (Å²) in [7, 11) is 3.15. The molecule has 0 spiro atoms. The Balaban J connectivity index is 2.03. The molecule has 7 nitrogen and oxygen atoms in total. The Hall–Kier alpha value is -2.22. The van der Waals surface area contributed by atoms with E-state index in [2.05, 4.69) is 40.9 Å². The average molecular weight is 378 g/mol. The minimum atomic E-state index is -0.123. The van der Waals surface area contributed by atoms with Crippen molar-refractivity contribution < 1.29 is 14.3 Å². The fraction of sp³-hybridized carbons (Fsp3) is 0.500. The van der Waals surface area contributed by atoms with E-state index >= 15 is 0 Å². The van der Waals surface area contributed by atoms with Crippen LogP contribution in [0.1, 0.15) is 38.9 Å². The quantitative estimate of drug-likeness (QED) is 0.672. The Labute approximate surface area is 158 Å². The molecule has 1 N–H and O–H groups in total. The van der Waals surface area contributed by atoms with Crippen LogP contribution in [0.15, 0.2) is 23.4 Å². The lowest BCUT2D eigenvalue weighted by molar-refractivity contribution is -0.113. The average Bonchev–Trinajstić information content (AvgIpc) is 3.03. The zero-order chi connectivity index (χ0) is 19.1. The van der Waals surface area contributed by atoms with Gasteiger partial charge in [-0.3, -0.25) is 4.79 Å². The van der Waals surface area contributed by atoms with Crippen molar-refractivity contribution in [3.05, 3.63) is 24.0 Å². The Kier molecular flexibility index (Phi) is 7.32. The number of ether oxygens (including phenoxy) is 2. The molecule has 2 rings (SSSR count). The molecule has 1 aromatic carbocycles. The fourth-order valence-corrected chi connectivity index (χ4v) is 3.25. The zero-order valence-corrected chi connectivity index (χ0v) is 16.7. The van der Waals surface area contributed by atoms with E-state index in [-0.39, 0.29) is 11.7 Å². The third-order valence-corrected chi connectivity index (χ3v) is 4.64. The highest BCUT2D eigenvalue weighted by molar-refractivity contribution is 7.99. The number of methoxy groups -OCH3 is 2. The summed E-state index contributed by atoms with van der Waals surface area (Å²) in [6.07, 6.45) is 0.987. The number of hydrogen-bond donors (Lipinski definition) is 1. The van der Waals surface area contributed by atoms with Crippen LogP contribution in [-0.2, 0) is 11.3 Å². The van der Waals surface area contributed by atoms with Gasteiger partial charge < -0.3 is 19.4 Å². The number of thioether (sulfide) groups is 1. The summed E-state index contributed by atoms with van der Waals surface area (Å²) in [6.45, 7) is 7.14. The van der Waals surface area contributed by atoms with Crippen LogP contribution >= 0.6 is 11.8 Å². The van der Waals surface area contributed by atoms with Crippen molar-refractivity contribution in [3.63, 3.8) is 0 Å². The monoisotopic (exact) mass is 378 g/mol. The minimum Gasteiger partial charge on any atom is -0.497 e. The van der Waals surface area contributed by atoms with Gasteiger partial charge in [-0.2, -0.15) is 0 Å². The largest absolute Gasteiger partial charge is 0.497 e. The van der Waals surface area contributed by atoms with Crippen molar-refractivity contribution >= 4 is 23.4 Å². The molecule has 0 radical (unpaired) electrons. The van der Waals surface area contributed by atoms with Crippen LogP contribution in [0.5, 0.6) is 11.5 Å². The summed E-state index contributed by atoms with van der Waals surface area (Å²) in [5.41, 5.74) is 0.629. The fourth-order valence-electron chi connectivity index (χ4n) is 2.47. The van der Waals surface area contributed by atoms with Crippen molar-refractivity contribution in [3.8, 4) is 11.5 Å². The lowest BCUT2D eigenvalue weighted by Gasteiger charge is -2.11. The minimum absolute atomic E-state index is 0.123. The number of aromatic nitrogens is 3. The van der Waals surface area contributed by atoms with Crippen molar-refractivity contribution in [2.75, 3.05) is 25.3 Å². The number of amides is 1. The highest BCUT2D eigenvalue weighted by atomic mass is 32.2. The summed E-state index contributed by atoms with van der Waals surface area (Å²) >= 11 is 1.39.